The molecule has 2 rings (SSSR count). The SMILES string of the molecule is COc1cc(-c2cccc(F)c2)c(F)cc1B(O)O. The Kier molecular flexibility index (Phi) is 3.83. The van der Waals surface area contributed by atoms with Crippen molar-refractivity contribution >= 4 is 12.6 Å². The Labute approximate surface area is 109 Å². The van der Waals surface area contributed by atoms with E-state index in [9.17, 15) is 8.78 Å². The van der Waals surface area contributed by atoms with E-state index in [0.29, 0.717) is 5.56 Å². The van der Waals surface area contributed by atoms with Crippen molar-refractivity contribution in [2.24, 2.45) is 0 Å². The maximum absolute atomic E-state index is 13.9. The van der Waals surface area contributed by atoms with Crippen LogP contribution in [0, 0.1) is 11.6 Å². The van der Waals surface area contributed by atoms with Crippen LogP contribution in [0.25, 0.3) is 11.1 Å². The lowest BCUT2D eigenvalue weighted by Crippen LogP contribution is -2.31. The summed E-state index contributed by atoms with van der Waals surface area (Å²) >= 11 is 0. The van der Waals surface area contributed by atoms with Crippen LogP contribution in [-0.4, -0.2) is 24.3 Å². The van der Waals surface area contributed by atoms with E-state index in [-0.39, 0.29) is 16.8 Å². The smallest absolute Gasteiger partial charge is 0.492 e. The second kappa shape index (κ2) is 5.38. The minimum absolute atomic E-state index is 0.0832. The van der Waals surface area contributed by atoms with Crippen LogP contribution in [0.5, 0.6) is 5.75 Å². The van der Waals surface area contributed by atoms with Crippen LogP contribution in [0.3, 0.4) is 0 Å². The number of hydrogen-bond donors (Lipinski definition) is 2. The van der Waals surface area contributed by atoms with Gasteiger partial charge in [0.25, 0.3) is 0 Å². The van der Waals surface area contributed by atoms with Crippen LogP contribution in [0.2, 0.25) is 0 Å². The highest BCUT2D eigenvalue weighted by molar-refractivity contribution is 6.59. The maximum Gasteiger partial charge on any atom is 0.492 e. The molecule has 0 fully saturated rings. The highest BCUT2D eigenvalue weighted by Crippen LogP contribution is 2.26. The first-order chi connectivity index (χ1) is 9.02. The molecule has 2 aromatic carbocycles. The summed E-state index contributed by atoms with van der Waals surface area (Å²) in [5, 5.41) is 18.2. The second-order valence-electron chi connectivity index (χ2n) is 3.96. The van der Waals surface area contributed by atoms with Gasteiger partial charge in [0.05, 0.1) is 7.11 Å². The minimum atomic E-state index is -1.84. The van der Waals surface area contributed by atoms with E-state index in [0.717, 1.165) is 6.07 Å². The Morgan fingerprint density at radius 2 is 1.84 bits per heavy atom. The Morgan fingerprint density at radius 1 is 1.11 bits per heavy atom. The molecule has 0 saturated carbocycles. The van der Waals surface area contributed by atoms with Crippen LogP contribution in [0.1, 0.15) is 0 Å². The van der Waals surface area contributed by atoms with Gasteiger partial charge in [-0.15, -0.1) is 0 Å². The average Bonchev–Trinajstić information content (AvgIpc) is 2.38. The van der Waals surface area contributed by atoms with Crippen molar-refractivity contribution in [3.63, 3.8) is 0 Å². The fourth-order valence-electron chi connectivity index (χ4n) is 1.82. The molecule has 0 aliphatic rings. The van der Waals surface area contributed by atoms with E-state index in [1.54, 1.807) is 6.07 Å². The largest absolute Gasteiger partial charge is 0.497 e. The standard InChI is InChI=1S/C13H11BF2O3/c1-19-13-6-10(8-3-2-4-9(15)5-8)12(16)7-11(13)14(17)18/h2-7,17-18H,1H3. The number of hydrogen-bond acceptors (Lipinski definition) is 3. The first-order valence-corrected chi connectivity index (χ1v) is 5.52. The molecule has 0 aliphatic heterocycles. The van der Waals surface area contributed by atoms with E-state index >= 15 is 0 Å². The van der Waals surface area contributed by atoms with Gasteiger partial charge in [-0.25, -0.2) is 8.78 Å². The summed E-state index contributed by atoms with van der Waals surface area (Å²) in [6.07, 6.45) is 0. The fraction of sp³-hybridized carbons (Fsp3) is 0.0769. The predicted octanol–water partition coefficient (Wildman–Crippen LogP) is 1.32. The third kappa shape index (κ3) is 2.75. The molecular formula is C13H11BF2O3. The predicted molar refractivity (Wildman–Crippen MR) is 68.2 cm³/mol. The molecule has 19 heavy (non-hydrogen) atoms. The van der Waals surface area contributed by atoms with Crippen LogP contribution in [-0.2, 0) is 0 Å². The Hall–Kier alpha value is -1.92. The van der Waals surface area contributed by atoms with Crippen molar-refractivity contribution in [3.8, 4) is 16.9 Å². The topological polar surface area (TPSA) is 49.7 Å². The summed E-state index contributed by atoms with van der Waals surface area (Å²) in [6.45, 7) is 0. The molecule has 98 valence electrons. The monoisotopic (exact) mass is 264 g/mol. The normalized spacial score (nSPS) is 10.4. The molecule has 0 aliphatic carbocycles. The van der Waals surface area contributed by atoms with Gasteiger partial charge in [-0.2, -0.15) is 0 Å². The number of ether oxygens (including phenoxy) is 1. The van der Waals surface area contributed by atoms with E-state index < -0.39 is 18.8 Å². The summed E-state index contributed by atoms with van der Waals surface area (Å²) in [5.74, 6) is -1.05. The van der Waals surface area contributed by atoms with Crippen molar-refractivity contribution in [2.45, 2.75) is 0 Å². The molecule has 6 heteroatoms. The first kappa shape index (κ1) is 13.5. The average molecular weight is 264 g/mol. The van der Waals surface area contributed by atoms with Gasteiger partial charge in [0.1, 0.15) is 17.4 Å². The van der Waals surface area contributed by atoms with Crippen molar-refractivity contribution in [2.75, 3.05) is 7.11 Å². The van der Waals surface area contributed by atoms with Crippen molar-refractivity contribution in [1.82, 2.24) is 0 Å². The lowest BCUT2D eigenvalue weighted by molar-refractivity contribution is 0.402. The van der Waals surface area contributed by atoms with Crippen molar-refractivity contribution < 1.29 is 23.6 Å². The molecule has 0 radical (unpaired) electrons. The van der Waals surface area contributed by atoms with Crippen LogP contribution in [0.15, 0.2) is 36.4 Å². The first-order valence-electron chi connectivity index (χ1n) is 5.52. The molecule has 0 aromatic heterocycles. The van der Waals surface area contributed by atoms with Gasteiger partial charge in [-0.3, -0.25) is 0 Å². The highest BCUT2D eigenvalue weighted by atomic mass is 19.1. The minimum Gasteiger partial charge on any atom is -0.497 e. The van der Waals surface area contributed by atoms with E-state index in [1.807, 2.05) is 0 Å². The summed E-state index contributed by atoms with van der Waals surface area (Å²) < 4.78 is 32.1. The molecule has 0 atom stereocenters. The molecule has 3 nitrogen and oxygen atoms in total. The molecule has 0 bridgehead atoms. The Balaban J connectivity index is 2.59. The quantitative estimate of drug-likeness (QED) is 0.822. The van der Waals surface area contributed by atoms with E-state index in [4.69, 9.17) is 14.8 Å². The number of rotatable bonds is 3. The van der Waals surface area contributed by atoms with Gasteiger partial charge >= 0.3 is 7.12 Å². The molecular weight excluding hydrogens is 253 g/mol. The molecule has 0 spiro atoms. The van der Waals surface area contributed by atoms with Crippen LogP contribution in [0.4, 0.5) is 8.78 Å². The summed E-state index contributed by atoms with van der Waals surface area (Å²) in [6, 6.07) is 7.72. The molecule has 2 aromatic rings. The number of methoxy groups -OCH3 is 1. The molecule has 0 saturated heterocycles. The van der Waals surface area contributed by atoms with Gasteiger partial charge in [0, 0.05) is 11.0 Å². The maximum atomic E-state index is 13.9. The van der Waals surface area contributed by atoms with Crippen molar-refractivity contribution in [1.29, 1.82) is 0 Å². The highest BCUT2D eigenvalue weighted by Gasteiger charge is 2.20. The van der Waals surface area contributed by atoms with E-state index in [1.165, 1.54) is 31.4 Å². The molecule has 0 amide bonds. The van der Waals surface area contributed by atoms with Gasteiger partial charge in [0.15, 0.2) is 0 Å². The third-order valence-corrected chi connectivity index (χ3v) is 2.73. The molecule has 0 heterocycles. The van der Waals surface area contributed by atoms with Crippen LogP contribution < -0.4 is 10.2 Å². The third-order valence-electron chi connectivity index (χ3n) is 2.73. The summed E-state index contributed by atoms with van der Waals surface area (Å²) in [5.41, 5.74) is 0.385. The van der Waals surface area contributed by atoms with Gasteiger partial charge in [-0.05, 0) is 29.8 Å². The number of halogens is 2. The van der Waals surface area contributed by atoms with Crippen LogP contribution >= 0.6 is 0 Å². The van der Waals surface area contributed by atoms with Gasteiger partial charge in [0.2, 0.25) is 0 Å². The summed E-state index contributed by atoms with van der Waals surface area (Å²) in [4.78, 5) is 0. The number of benzene rings is 2. The Morgan fingerprint density at radius 3 is 2.42 bits per heavy atom. The molecule has 2 N–H and O–H groups in total. The lowest BCUT2D eigenvalue weighted by atomic mass is 9.78. The van der Waals surface area contributed by atoms with Gasteiger partial charge < -0.3 is 14.8 Å². The summed E-state index contributed by atoms with van der Waals surface area (Å²) in [7, 11) is -0.514. The molecule has 0 unspecified atom stereocenters. The Bertz CT molecular complexity index is 602. The van der Waals surface area contributed by atoms with Gasteiger partial charge in [-0.1, -0.05) is 12.1 Å². The second-order valence-corrected chi connectivity index (χ2v) is 3.96. The van der Waals surface area contributed by atoms with Crippen molar-refractivity contribution in [3.05, 3.63) is 48.0 Å². The fourth-order valence-corrected chi connectivity index (χ4v) is 1.82. The zero-order valence-electron chi connectivity index (χ0n) is 10.1. The lowest BCUT2D eigenvalue weighted by Gasteiger charge is -2.11. The van der Waals surface area contributed by atoms with E-state index in [2.05, 4.69) is 0 Å². The zero-order valence-corrected chi connectivity index (χ0v) is 10.1. The zero-order chi connectivity index (χ0) is 14.0.